The lowest BCUT2D eigenvalue weighted by atomic mass is 9.85. The molecule has 0 saturated carbocycles. The van der Waals surface area contributed by atoms with Crippen LogP contribution < -0.4 is 0 Å². The molecule has 0 bridgehead atoms. The predicted molar refractivity (Wildman–Crippen MR) is 63.5 cm³/mol. The molecule has 0 radical (unpaired) electrons. The average molecular weight is 236 g/mol. The highest BCUT2D eigenvalue weighted by Gasteiger charge is 2.29. The lowest BCUT2D eigenvalue weighted by molar-refractivity contribution is -0.146. The van der Waals surface area contributed by atoms with Gasteiger partial charge in [0.15, 0.2) is 0 Å². The van der Waals surface area contributed by atoms with Gasteiger partial charge in [-0.15, -0.1) is 0 Å². The van der Waals surface area contributed by atoms with Crippen LogP contribution in [-0.4, -0.2) is 11.1 Å². The quantitative estimate of drug-likeness (QED) is 0.876. The molecule has 0 amide bonds. The summed E-state index contributed by atoms with van der Waals surface area (Å²) in [4.78, 5) is 11.0. The number of hydrogen-bond donors (Lipinski definition) is 1. The summed E-state index contributed by atoms with van der Waals surface area (Å²) in [6.45, 7) is 3.25. The first kappa shape index (κ1) is 12.1. The van der Waals surface area contributed by atoms with E-state index >= 15 is 0 Å². The van der Waals surface area contributed by atoms with Crippen molar-refractivity contribution >= 4 is 5.97 Å². The Kier molecular flexibility index (Phi) is 2.94. The highest BCUT2D eigenvalue weighted by Crippen LogP contribution is 2.30. The number of benzene rings is 1. The monoisotopic (exact) mass is 236 g/mol. The Bertz CT molecular complexity index is 464. The van der Waals surface area contributed by atoms with Gasteiger partial charge in [0.25, 0.3) is 0 Å². The van der Waals surface area contributed by atoms with E-state index in [-0.39, 0.29) is 12.2 Å². The molecule has 0 heterocycles. The molecular weight excluding hydrogens is 219 g/mol. The van der Waals surface area contributed by atoms with Crippen LogP contribution in [0, 0.1) is 11.2 Å². The molecule has 0 spiro atoms. The fourth-order valence-corrected chi connectivity index (χ4v) is 2.36. The first-order chi connectivity index (χ1) is 7.92. The van der Waals surface area contributed by atoms with Crippen molar-refractivity contribution in [2.75, 3.05) is 0 Å². The Labute approximate surface area is 100 Å². The lowest BCUT2D eigenvalue weighted by Gasteiger charge is -2.20. The number of fused-ring (bicyclic) bond motifs is 1. The lowest BCUT2D eigenvalue weighted by Crippen LogP contribution is -2.26. The molecule has 0 saturated heterocycles. The van der Waals surface area contributed by atoms with E-state index in [1.807, 2.05) is 6.07 Å². The second-order valence-corrected chi connectivity index (χ2v) is 5.40. The van der Waals surface area contributed by atoms with Gasteiger partial charge in [-0.1, -0.05) is 12.1 Å². The molecule has 0 atom stereocenters. The number of carboxylic acids is 1. The van der Waals surface area contributed by atoms with E-state index in [4.69, 9.17) is 5.11 Å². The van der Waals surface area contributed by atoms with Crippen LogP contribution in [0.15, 0.2) is 12.1 Å². The second kappa shape index (κ2) is 4.13. The fraction of sp³-hybridized carbons (Fsp3) is 0.500. The molecule has 2 rings (SSSR count). The first-order valence-electron chi connectivity index (χ1n) is 5.94. The topological polar surface area (TPSA) is 37.3 Å². The van der Waals surface area contributed by atoms with Crippen LogP contribution in [-0.2, 0) is 24.1 Å². The number of halogens is 1. The van der Waals surface area contributed by atoms with Crippen LogP contribution in [0.2, 0.25) is 0 Å². The number of carboxylic acid groups (broad SMARTS) is 1. The molecule has 1 aliphatic carbocycles. The molecule has 1 aromatic rings. The second-order valence-electron chi connectivity index (χ2n) is 5.40. The maximum absolute atomic E-state index is 14.2. The molecule has 0 unspecified atom stereocenters. The van der Waals surface area contributed by atoms with E-state index in [9.17, 15) is 9.18 Å². The van der Waals surface area contributed by atoms with Crippen molar-refractivity contribution in [3.8, 4) is 0 Å². The number of hydrogen-bond acceptors (Lipinski definition) is 1. The van der Waals surface area contributed by atoms with Gasteiger partial charge in [0, 0.05) is 0 Å². The zero-order chi connectivity index (χ0) is 12.6. The van der Waals surface area contributed by atoms with E-state index in [2.05, 4.69) is 0 Å². The smallest absolute Gasteiger partial charge is 0.309 e. The van der Waals surface area contributed by atoms with Gasteiger partial charge < -0.3 is 5.11 Å². The zero-order valence-electron chi connectivity index (χ0n) is 10.2. The molecule has 2 nitrogen and oxygen atoms in total. The van der Waals surface area contributed by atoms with E-state index in [1.165, 1.54) is 0 Å². The molecule has 17 heavy (non-hydrogen) atoms. The van der Waals surface area contributed by atoms with Crippen molar-refractivity contribution in [3.63, 3.8) is 0 Å². The molecule has 0 fully saturated rings. The summed E-state index contributed by atoms with van der Waals surface area (Å²) in [6, 6.07) is 3.68. The van der Waals surface area contributed by atoms with Crippen molar-refractivity contribution < 1.29 is 14.3 Å². The van der Waals surface area contributed by atoms with Crippen molar-refractivity contribution in [1.29, 1.82) is 0 Å². The van der Waals surface area contributed by atoms with Crippen LogP contribution in [0.25, 0.3) is 0 Å². The molecule has 1 aliphatic rings. The maximum atomic E-state index is 14.2. The highest BCUT2D eigenvalue weighted by molar-refractivity contribution is 5.74. The molecule has 1 N–H and O–H groups in total. The summed E-state index contributed by atoms with van der Waals surface area (Å²) in [7, 11) is 0. The van der Waals surface area contributed by atoms with Gasteiger partial charge in [-0.25, -0.2) is 4.39 Å². The first-order valence-corrected chi connectivity index (χ1v) is 5.94. The van der Waals surface area contributed by atoms with Gasteiger partial charge >= 0.3 is 5.97 Å². The van der Waals surface area contributed by atoms with Gasteiger partial charge in [-0.05, 0) is 56.2 Å². The Balaban J connectivity index is 2.32. The number of aryl methyl sites for hydroxylation is 1. The Morgan fingerprint density at radius 3 is 2.76 bits per heavy atom. The normalized spacial score (nSPS) is 14.8. The van der Waals surface area contributed by atoms with Crippen LogP contribution in [0.4, 0.5) is 4.39 Å². The summed E-state index contributed by atoms with van der Waals surface area (Å²) in [5.41, 5.74) is 1.48. The highest BCUT2D eigenvalue weighted by atomic mass is 19.1. The summed E-state index contributed by atoms with van der Waals surface area (Å²) < 4.78 is 14.2. The summed E-state index contributed by atoms with van der Waals surface area (Å²) in [6.07, 6.45) is 2.96. The summed E-state index contributed by atoms with van der Waals surface area (Å²) >= 11 is 0. The fourth-order valence-electron chi connectivity index (χ4n) is 2.36. The molecular formula is C14H17FO2. The average Bonchev–Trinajstić information content (AvgIpc) is 2.70. The van der Waals surface area contributed by atoms with E-state index in [0.29, 0.717) is 5.56 Å². The minimum Gasteiger partial charge on any atom is -0.481 e. The van der Waals surface area contributed by atoms with Crippen molar-refractivity contribution in [2.45, 2.75) is 39.5 Å². The minimum absolute atomic E-state index is 0.186. The van der Waals surface area contributed by atoms with E-state index < -0.39 is 11.4 Å². The van der Waals surface area contributed by atoms with Gasteiger partial charge in [0.05, 0.1) is 5.41 Å². The molecule has 92 valence electrons. The molecule has 1 aromatic carbocycles. The molecule has 0 aromatic heterocycles. The minimum atomic E-state index is -0.923. The van der Waals surface area contributed by atoms with Gasteiger partial charge in [0.2, 0.25) is 0 Å². The van der Waals surface area contributed by atoms with Gasteiger partial charge in [-0.3, -0.25) is 4.79 Å². The number of carbonyl (C=O) groups is 1. The van der Waals surface area contributed by atoms with Crippen LogP contribution in [0.3, 0.4) is 0 Å². The summed E-state index contributed by atoms with van der Waals surface area (Å²) in [5, 5.41) is 9.06. The van der Waals surface area contributed by atoms with Crippen molar-refractivity contribution in [2.24, 2.45) is 5.41 Å². The molecule has 3 heteroatoms. The van der Waals surface area contributed by atoms with Crippen LogP contribution in [0.1, 0.15) is 37.0 Å². The maximum Gasteiger partial charge on any atom is 0.309 e. The SMILES string of the molecule is CC(C)(Cc1ccc2c(c1F)CCC2)C(=O)O. The number of aliphatic carboxylic acids is 1. The third-order valence-corrected chi connectivity index (χ3v) is 3.50. The third-order valence-electron chi connectivity index (χ3n) is 3.50. The number of rotatable bonds is 3. The Morgan fingerprint density at radius 2 is 2.12 bits per heavy atom. The third kappa shape index (κ3) is 2.19. The van der Waals surface area contributed by atoms with E-state index in [0.717, 1.165) is 30.4 Å². The van der Waals surface area contributed by atoms with E-state index in [1.54, 1.807) is 19.9 Å². The zero-order valence-corrected chi connectivity index (χ0v) is 10.2. The van der Waals surface area contributed by atoms with Gasteiger partial charge in [-0.2, -0.15) is 0 Å². The van der Waals surface area contributed by atoms with Crippen molar-refractivity contribution in [1.82, 2.24) is 0 Å². The largest absolute Gasteiger partial charge is 0.481 e. The molecule has 0 aliphatic heterocycles. The summed E-state index contributed by atoms with van der Waals surface area (Å²) in [5.74, 6) is -1.08. The van der Waals surface area contributed by atoms with Crippen molar-refractivity contribution in [3.05, 3.63) is 34.6 Å². The Hall–Kier alpha value is -1.38. The van der Waals surface area contributed by atoms with Crippen LogP contribution in [0.5, 0.6) is 0 Å². The standard InChI is InChI=1S/C14H17FO2/c1-14(2,13(16)17)8-10-7-6-9-4-3-5-11(9)12(10)15/h6-7H,3-5,8H2,1-2H3,(H,16,17). The van der Waals surface area contributed by atoms with Crippen LogP contribution >= 0.6 is 0 Å². The van der Waals surface area contributed by atoms with Gasteiger partial charge in [0.1, 0.15) is 5.82 Å². The Morgan fingerprint density at radius 1 is 1.41 bits per heavy atom. The predicted octanol–water partition coefficient (Wildman–Crippen LogP) is 2.97.